The van der Waals surface area contributed by atoms with Gasteiger partial charge in [0.25, 0.3) is 5.91 Å². The Morgan fingerprint density at radius 3 is 2.33 bits per heavy atom. The number of rotatable bonds is 3. The lowest BCUT2D eigenvalue weighted by molar-refractivity contribution is -0.123. The summed E-state index contributed by atoms with van der Waals surface area (Å²) in [5, 5.41) is 12.2. The minimum Gasteiger partial charge on any atom is -0.465 e. The molecule has 3 aliphatic heterocycles. The average molecular weight is 413 g/mol. The van der Waals surface area contributed by atoms with Gasteiger partial charge in [0.2, 0.25) is 0 Å². The average Bonchev–Trinajstić information content (AvgIpc) is 3.32. The van der Waals surface area contributed by atoms with Crippen molar-refractivity contribution in [1.29, 1.82) is 0 Å². The summed E-state index contributed by atoms with van der Waals surface area (Å²) in [5.74, 6) is 0.176. The third kappa shape index (κ3) is 3.20. The molecular weight excluding hydrogens is 385 g/mol. The van der Waals surface area contributed by atoms with Crippen LogP contribution >= 0.6 is 0 Å². The second-order valence-electron chi connectivity index (χ2n) is 9.37. The van der Waals surface area contributed by atoms with E-state index in [9.17, 15) is 14.7 Å². The normalized spacial score (nSPS) is 29.8. The number of likely N-dealkylation sites (tertiary alicyclic amines) is 1. The summed E-state index contributed by atoms with van der Waals surface area (Å²) in [5.41, 5.74) is -0.350. The van der Waals surface area contributed by atoms with Crippen molar-refractivity contribution < 1.29 is 24.0 Å². The lowest BCUT2D eigenvalue weighted by atomic mass is 9.77. The number of benzene rings is 1. The van der Waals surface area contributed by atoms with Crippen LogP contribution in [0.5, 0.6) is 0 Å². The molecule has 0 spiro atoms. The molecule has 0 radical (unpaired) electrons. The number of aliphatic imine (C=N–C) groups is 1. The van der Waals surface area contributed by atoms with Gasteiger partial charge in [0.05, 0.1) is 17.2 Å². The van der Waals surface area contributed by atoms with Crippen LogP contribution < -0.4 is 10.8 Å². The molecular formula is C21H28BN3O5. The largest absolute Gasteiger partial charge is 0.494 e. The zero-order valence-corrected chi connectivity index (χ0v) is 18.1. The molecule has 0 aliphatic carbocycles. The van der Waals surface area contributed by atoms with Gasteiger partial charge in [0.15, 0.2) is 5.54 Å². The van der Waals surface area contributed by atoms with Crippen LogP contribution in [0.1, 0.15) is 53.0 Å². The number of carbonyl (C=O) groups excluding carboxylic acids is 1. The van der Waals surface area contributed by atoms with Crippen LogP contribution in [0.15, 0.2) is 29.3 Å². The van der Waals surface area contributed by atoms with Crippen molar-refractivity contribution in [2.24, 2.45) is 4.99 Å². The first-order valence-corrected chi connectivity index (χ1v) is 10.3. The summed E-state index contributed by atoms with van der Waals surface area (Å²) in [6.07, 6.45) is 0.420. The second kappa shape index (κ2) is 6.82. The zero-order chi connectivity index (χ0) is 21.9. The Kier molecular flexibility index (Phi) is 4.74. The maximum atomic E-state index is 12.8. The van der Waals surface area contributed by atoms with Gasteiger partial charge < -0.3 is 19.7 Å². The second-order valence-corrected chi connectivity index (χ2v) is 9.37. The number of nitrogens with one attached hydrogen (secondary N) is 1. The molecule has 2 saturated heterocycles. The van der Waals surface area contributed by atoms with E-state index in [1.807, 2.05) is 52.0 Å². The fourth-order valence-corrected chi connectivity index (χ4v) is 4.13. The monoisotopic (exact) mass is 413 g/mol. The van der Waals surface area contributed by atoms with E-state index < -0.39 is 36.0 Å². The van der Waals surface area contributed by atoms with Crippen LogP contribution in [0.3, 0.4) is 0 Å². The summed E-state index contributed by atoms with van der Waals surface area (Å²) in [7, 11) is -0.476. The summed E-state index contributed by atoms with van der Waals surface area (Å²) in [6.45, 7) is 10.2. The first-order valence-electron chi connectivity index (χ1n) is 10.3. The molecule has 1 aromatic carbocycles. The number of carbonyl (C=O) groups is 2. The highest BCUT2D eigenvalue weighted by atomic mass is 16.7. The molecule has 3 aliphatic rings. The van der Waals surface area contributed by atoms with E-state index in [2.05, 4.69) is 10.3 Å². The Hall–Kier alpha value is -2.39. The maximum Gasteiger partial charge on any atom is 0.494 e. The van der Waals surface area contributed by atoms with Gasteiger partial charge >= 0.3 is 13.2 Å². The first-order chi connectivity index (χ1) is 13.9. The Morgan fingerprint density at radius 2 is 1.77 bits per heavy atom. The number of amidine groups is 1. The number of carboxylic acid groups (broad SMARTS) is 1. The SMILES string of the molecule is CC1(c2ccc(B3OC(C)(C)C(C)(C)O3)cc2)N=C(C2CCCN2C(=O)O)NC1=O. The third-order valence-electron chi connectivity index (χ3n) is 6.84. The third-order valence-corrected chi connectivity index (χ3v) is 6.84. The van der Waals surface area contributed by atoms with E-state index in [1.165, 1.54) is 4.90 Å². The predicted molar refractivity (Wildman–Crippen MR) is 113 cm³/mol. The molecule has 30 heavy (non-hydrogen) atoms. The smallest absolute Gasteiger partial charge is 0.465 e. The molecule has 1 aromatic rings. The minimum atomic E-state index is -1.10. The molecule has 2 fully saturated rings. The molecule has 3 heterocycles. The lowest BCUT2D eigenvalue weighted by Gasteiger charge is -2.32. The van der Waals surface area contributed by atoms with Crippen LogP contribution in [0, 0.1) is 0 Å². The summed E-state index contributed by atoms with van der Waals surface area (Å²) in [6, 6.07) is 7.09. The first kappa shape index (κ1) is 20.9. The molecule has 9 heteroatoms. The van der Waals surface area contributed by atoms with E-state index in [0.717, 1.165) is 17.4 Å². The van der Waals surface area contributed by atoms with E-state index in [4.69, 9.17) is 9.31 Å². The highest BCUT2D eigenvalue weighted by molar-refractivity contribution is 6.62. The zero-order valence-electron chi connectivity index (χ0n) is 18.1. The molecule has 160 valence electrons. The van der Waals surface area contributed by atoms with Gasteiger partial charge in [-0.25, -0.2) is 9.79 Å². The highest BCUT2D eigenvalue weighted by Gasteiger charge is 2.52. The summed E-state index contributed by atoms with van der Waals surface area (Å²) in [4.78, 5) is 30.3. The topological polar surface area (TPSA) is 100 Å². The molecule has 8 nitrogen and oxygen atoms in total. The Balaban J connectivity index is 1.57. The lowest BCUT2D eigenvalue weighted by Crippen LogP contribution is -2.45. The van der Waals surface area contributed by atoms with Crippen molar-refractivity contribution in [3.63, 3.8) is 0 Å². The van der Waals surface area contributed by atoms with Crippen LogP contribution in [0.4, 0.5) is 4.79 Å². The van der Waals surface area contributed by atoms with Gasteiger partial charge in [-0.2, -0.15) is 0 Å². The number of amides is 2. The molecule has 4 rings (SSSR count). The number of hydrogen-bond donors (Lipinski definition) is 2. The van der Waals surface area contributed by atoms with Crippen LogP contribution in [0.2, 0.25) is 0 Å². The standard InChI is InChI=1S/C21H28BN3O5/c1-19(2)20(3,4)30-22(29-19)14-10-8-13(9-11-14)21(5)17(26)23-16(24-21)15-7-6-12-25(15)18(27)28/h8-11,15H,6-7,12H2,1-5H3,(H,27,28)(H,23,24,26). The molecule has 2 amide bonds. The van der Waals surface area contributed by atoms with E-state index >= 15 is 0 Å². The molecule has 2 atom stereocenters. The predicted octanol–water partition coefficient (Wildman–Crippen LogP) is 1.87. The quantitative estimate of drug-likeness (QED) is 0.737. The Bertz CT molecular complexity index is 898. The van der Waals surface area contributed by atoms with Gasteiger partial charge in [-0.15, -0.1) is 0 Å². The Morgan fingerprint density at radius 1 is 1.17 bits per heavy atom. The molecule has 2 N–H and O–H groups in total. The molecule has 0 bridgehead atoms. The van der Waals surface area contributed by atoms with Crippen molar-refractivity contribution in [2.45, 2.75) is 70.2 Å². The van der Waals surface area contributed by atoms with Crippen molar-refractivity contribution in [2.75, 3.05) is 6.54 Å². The van der Waals surface area contributed by atoms with Gasteiger partial charge in [-0.1, -0.05) is 24.3 Å². The van der Waals surface area contributed by atoms with Crippen LogP contribution in [-0.2, 0) is 19.6 Å². The van der Waals surface area contributed by atoms with Crippen molar-refractivity contribution in [3.05, 3.63) is 29.8 Å². The van der Waals surface area contributed by atoms with Crippen LogP contribution in [0.25, 0.3) is 0 Å². The number of nitrogens with zero attached hydrogens (tertiary/aromatic N) is 2. The maximum absolute atomic E-state index is 12.8. The Labute approximate surface area is 176 Å². The summed E-state index contributed by atoms with van der Waals surface area (Å²) >= 11 is 0. The van der Waals surface area contributed by atoms with E-state index in [0.29, 0.717) is 18.8 Å². The molecule has 0 saturated carbocycles. The van der Waals surface area contributed by atoms with Gasteiger partial charge in [-0.3, -0.25) is 9.69 Å². The fourth-order valence-electron chi connectivity index (χ4n) is 4.13. The van der Waals surface area contributed by atoms with Crippen LogP contribution in [-0.4, -0.2) is 58.7 Å². The van der Waals surface area contributed by atoms with Crippen molar-refractivity contribution in [1.82, 2.24) is 10.2 Å². The van der Waals surface area contributed by atoms with Crippen molar-refractivity contribution >= 4 is 30.4 Å². The van der Waals surface area contributed by atoms with Gasteiger partial charge in [-0.05, 0) is 58.5 Å². The van der Waals surface area contributed by atoms with Gasteiger partial charge in [0, 0.05) is 6.54 Å². The molecule has 2 unspecified atom stereocenters. The number of hydrogen-bond acceptors (Lipinski definition) is 5. The van der Waals surface area contributed by atoms with E-state index in [1.54, 1.807) is 6.92 Å². The minimum absolute atomic E-state index is 0.252. The van der Waals surface area contributed by atoms with Gasteiger partial charge in [0.1, 0.15) is 5.84 Å². The van der Waals surface area contributed by atoms with Crippen molar-refractivity contribution in [3.8, 4) is 0 Å². The highest BCUT2D eigenvalue weighted by Crippen LogP contribution is 2.37. The van der Waals surface area contributed by atoms with E-state index in [-0.39, 0.29) is 5.91 Å². The fraction of sp³-hybridized carbons (Fsp3) is 0.571. The summed E-state index contributed by atoms with van der Waals surface area (Å²) < 4.78 is 12.2. The molecule has 0 aromatic heterocycles.